The lowest BCUT2D eigenvalue weighted by Gasteiger charge is -2.13. The van der Waals surface area contributed by atoms with Gasteiger partial charge < -0.3 is 5.73 Å². The van der Waals surface area contributed by atoms with Gasteiger partial charge in [-0.15, -0.1) is 5.10 Å². The van der Waals surface area contributed by atoms with Crippen LogP contribution in [-0.2, 0) is 6.54 Å². The first-order chi connectivity index (χ1) is 6.97. The minimum Gasteiger partial charge on any atom is -0.386 e. The highest BCUT2D eigenvalue weighted by Crippen LogP contribution is 2.19. The number of hydrazone groups is 1. The zero-order valence-corrected chi connectivity index (χ0v) is 9.76. The number of rotatable bonds is 3. The molecular weight excluding hydrogens is 235 g/mol. The summed E-state index contributed by atoms with van der Waals surface area (Å²) >= 11 is 11.7. The Kier molecular flexibility index (Phi) is 4.20. The van der Waals surface area contributed by atoms with Gasteiger partial charge in [0.1, 0.15) is 5.84 Å². The fourth-order valence-corrected chi connectivity index (χ4v) is 1.70. The van der Waals surface area contributed by atoms with E-state index in [2.05, 4.69) is 5.10 Å². The fourth-order valence-electron chi connectivity index (χ4n) is 1.13. The smallest absolute Gasteiger partial charge is 0.118 e. The standard InChI is InChI=1S/C9H12Cl2N4/c1-6(12)14-15(13)5-7-2-8(10)4-9(11)3-7/h2-4H,5,13H2,1H3,(H2,12,14). The fraction of sp³-hybridized carbons (Fsp3) is 0.222. The van der Waals surface area contributed by atoms with E-state index in [-0.39, 0.29) is 0 Å². The highest BCUT2D eigenvalue weighted by atomic mass is 35.5. The number of hydrogen-bond acceptors (Lipinski definition) is 3. The second kappa shape index (κ2) is 5.21. The molecule has 0 saturated carbocycles. The molecule has 0 aliphatic carbocycles. The third-order valence-corrected chi connectivity index (χ3v) is 1.99. The van der Waals surface area contributed by atoms with E-state index in [0.29, 0.717) is 22.4 Å². The maximum Gasteiger partial charge on any atom is 0.118 e. The summed E-state index contributed by atoms with van der Waals surface area (Å²) in [5.41, 5.74) is 6.26. The Balaban J connectivity index is 2.76. The van der Waals surface area contributed by atoms with Crippen LogP contribution in [0.15, 0.2) is 23.3 Å². The van der Waals surface area contributed by atoms with E-state index in [9.17, 15) is 0 Å². The number of hydrazine groups is 1. The minimum absolute atomic E-state index is 0.394. The van der Waals surface area contributed by atoms with Gasteiger partial charge in [-0.3, -0.25) is 0 Å². The summed E-state index contributed by atoms with van der Waals surface area (Å²) < 4.78 is 0. The molecule has 0 atom stereocenters. The van der Waals surface area contributed by atoms with Gasteiger partial charge in [0.05, 0.1) is 6.54 Å². The van der Waals surface area contributed by atoms with Crippen molar-refractivity contribution < 1.29 is 0 Å². The maximum atomic E-state index is 5.84. The van der Waals surface area contributed by atoms with Crippen molar-refractivity contribution in [1.82, 2.24) is 5.12 Å². The van der Waals surface area contributed by atoms with Crippen LogP contribution in [0.2, 0.25) is 10.0 Å². The highest BCUT2D eigenvalue weighted by molar-refractivity contribution is 6.34. The normalized spacial score (nSPS) is 11.6. The van der Waals surface area contributed by atoms with Crippen molar-refractivity contribution in [2.75, 3.05) is 0 Å². The molecule has 0 aromatic heterocycles. The molecule has 4 nitrogen and oxygen atoms in total. The van der Waals surface area contributed by atoms with Gasteiger partial charge in [-0.05, 0) is 30.7 Å². The molecule has 0 unspecified atom stereocenters. The summed E-state index contributed by atoms with van der Waals surface area (Å²) in [4.78, 5) is 0. The molecule has 0 heterocycles. The Labute approximate surface area is 98.4 Å². The van der Waals surface area contributed by atoms with E-state index in [4.69, 9.17) is 34.8 Å². The Morgan fingerprint density at radius 1 is 1.33 bits per heavy atom. The molecule has 15 heavy (non-hydrogen) atoms. The average Bonchev–Trinajstić information content (AvgIpc) is 1.98. The molecule has 0 bridgehead atoms. The lowest BCUT2D eigenvalue weighted by molar-refractivity contribution is 0.290. The lowest BCUT2D eigenvalue weighted by Crippen LogP contribution is -2.27. The summed E-state index contributed by atoms with van der Waals surface area (Å²) in [5.74, 6) is 5.98. The molecule has 1 aromatic carbocycles. The number of nitrogens with zero attached hydrogens (tertiary/aromatic N) is 2. The van der Waals surface area contributed by atoms with E-state index in [1.54, 1.807) is 25.1 Å². The number of halogens is 2. The van der Waals surface area contributed by atoms with Crippen molar-refractivity contribution in [2.24, 2.45) is 16.7 Å². The largest absolute Gasteiger partial charge is 0.386 e. The van der Waals surface area contributed by atoms with Crippen LogP contribution < -0.4 is 11.6 Å². The number of benzene rings is 1. The Hall–Kier alpha value is -0.970. The van der Waals surface area contributed by atoms with Gasteiger partial charge in [0.25, 0.3) is 0 Å². The van der Waals surface area contributed by atoms with Gasteiger partial charge >= 0.3 is 0 Å². The first-order valence-electron chi connectivity index (χ1n) is 4.25. The van der Waals surface area contributed by atoms with Crippen LogP contribution >= 0.6 is 23.2 Å². The van der Waals surface area contributed by atoms with E-state index >= 15 is 0 Å². The molecule has 0 aliphatic rings. The van der Waals surface area contributed by atoms with Crippen LogP contribution in [0, 0.1) is 0 Å². The predicted molar refractivity (Wildman–Crippen MR) is 63.5 cm³/mol. The Bertz CT molecular complexity index is 354. The summed E-state index contributed by atoms with van der Waals surface area (Å²) in [6.45, 7) is 2.06. The van der Waals surface area contributed by atoms with Gasteiger partial charge in [-0.25, -0.2) is 11.0 Å². The van der Waals surface area contributed by atoms with E-state index in [1.807, 2.05) is 0 Å². The van der Waals surface area contributed by atoms with Crippen LogP contribution in [0.25, 0.3) is 0 Å². The Morgan fingerprint density at radius 3 is 2.33 bits per heavy atom. The molecule has 1 rings (SSSR count). The quantitative estimate of drug-likeness (QED) is 0.371. The van der Waals surface area contributed by atoms with Crippen LogP contribution in [0.1, 0.15) is 12.5 Å². The molecule has 4 N–H and O–H groups in total. The van der Waals surface area contributed by atoms with Crippen LogP contribution in [0.4, 0.5) is 0 Å². The zero-order chi connectivity index (χ0) is 11.4. The summed E-state index contributed by atoms with van der Waals surface area (Å²) in [5, 5.41) is 6.22. The molecule has 0 radical (unpaired) electrons. The van der Waals surface area contributed by atoms with E-state index in [0.717, 1.165) is 5.56 Å². The molecule has 0 spiro atoms. The van der Waals surface area contributed by atoms with Crippen LogP contribution in [0.5, 0.6) is 0 Å². The van der Waals surface area contributed by atoms with Crippen molar-refractivity contribution in [3.05, 3.63) is 33.8 Å². The van der Waals surface area contributed by atoms with Crippen molar-refractivity contribution >= 4 is 29.0 Å². The average molecular weight is 247 g/mol. The second-order valence-corrected chi connectivity index (χ2v) is 3.99. The number of nitrogens with two attached hydrogens (primary N) is 2. The van der Waals surface area contributed by atoms with Gasteiger partial charge in [0, 0.05) is 10.0 Å². The molecule has 0 aliphatic heterocycles. The van der Waals surface area contributed by atoms with Gasteiger partial charge in [0.15, 0.2) is 0 Å². The monoisotopic (exact) mass is 246 g/mol. The van der Waals surface area contributed by atoms with E-state index in [1.165, 1.54) is 5.12 Å². The summed E-state index contributed by atoms with van der Waals surface area (Å²) in [6.07, 6.45) is 0. The first-order valence-corrected chi connectivity index (χ1v) is 5.01. The van der Waals surface area contributed by atoms with Gasteiger partial charge in [-0.1, -0.05) is 23.2 Å². The summed E-state index contributed by atoms with van der Waals surface area (Å²) in [7, 11) is 0. The number of amidine groups is 1. The van der Waals surface area contributed by atoms with Crippen molar-refractivity contribution in [3.63, 3.8) is 0 Å². The SMILES string of the molecule is C/C(N)=N/N(N)Cc1cc(Cl)cc(Cl)c1. The molecule has 82 valence electrons. The molecule has 1 aromatic rings. The topological polar surface area (TPSA) is 67.6 Å². The zero-order valence-electron chi connectivity index (χ0n) is 8.24. The molecule has 6 heteroatoms. The van der Waals surface area contributed by atoms with Gasteiger partial charge in [-0.2, -0.15) is 0 Å². The third-order valence-electron chi connectivity index (χ3n) is 1.55. The molecular formula is C9H12Cl2N4. The maximum absolute atomic E-state index is 5.84. The van der Waals surface area contributed by atoms with E-state index < -0.39 is 0 Å². The van der Waals surface area contributed by atoms with Gasteiger partial charge in [0.2, 0.25) is 0 Å². The van der Waals surface area contributed by atoms with Crippen molar-refractivity contribution in [3.8, 4) is 0 Å². The predicted octanol–water partition coefficient (Wildman–Crippen LogP) is 1.96. The van der Waals surface area contributed by atoms with Crippen molar-refractivity contribution in [2.45, 2.75) is 13.5 Å². The van der Waals surface area contributed by atoms with Crippen molar-refractivity contribution in [1.29, 1.82) is 0 Å². The van der Waals surface area contributed by atoms with Crippen LogP contribution in [0.3, 0.4) is 0 Å². The number of hydrogen-bond donors (Lipinski definition) is 2. The second-order valence-electron chi connectivity index (χ2n) is 3.12. The highest BCUT2D eigenvalue weighted by Gasteiger charge is 2.01. The molecule has 0 saturated heterocycles. The molecule has 0 fully saturated rings. The minimum atomic E-state index is 0.394. The first kappa shape index (κ1) is 12.1. The lowest BCUT2D eigenvalue weighted by atomic mass is 10.2. The molecule has 0 amide bonds. The third kappa shape index (κ3) is 4.38. The Morgan fingerprint density at radius 2 is 1.87 bits per heavy atom. The van der Waals surface area contributed by atoms with Crippen LogP contribution in [-0.4, -0.2) is 11.0 Å². The summed E-state index contributed by atoms with van der Waals surface area (Å²) in [6, 6.07) is 5.20.